The average molecular weight is 1490 g/mol. The van der Waals surface area contributed by atoms with Crippen LogP contribution in [-0.4, -0.2) is 66.5 Å². The second-order valence-corrected chi connectivity index (χ2v) is 23.5. The molecule has 0 aliphatic heterocycles. The van der Waals surface area contributed by atoms with Gasteiger partial charge in [-0.1, -0.05) is 179 Å². The SMILES string of the molecule is O=C(O)c1ccccc1Nc1cccc(Cl)c1.O=C(O)c1ccccc1Nc1cccc(Cl)c1.O=C(O)c1ccccc1Nc1cccc(Cl)c1.O=C(O)c1ccccc1Nc1cccc(Cl)c1.O=C(O)c1ccccc1Nc1cccc(Cl)c1.O=C(O)c1ccccc1Nc1cccc(Cl)c1. The van der Waals surface area contributed by atoms with Gasteiger partial charge in [-0.05, 0) is 182 Å². The summed E-state index contributed by atoms with van der Waals surface area (Å²) in [5.74, 6) is -5.78. The molecule has 0 spiro atoms. The number of rotatable bonds is 18. The Kier molecular flexibility index (Phi) is 30.0. The minimum atomic E-state index is -0.963. The molecule has 0 saturated heterocycles. The first-order valence-electron chi connectivity index (χ1n) is 30.1. The van der Waals surface area contributed by atoms with Crippen LogP contribution in [-0.2, 0) is 0 Å². The van der Waals surface area contributed by atoms with Crippen molar-refractivity contribution < 1.29 is 59.4 Å². The van der Waals surface area contributed by atoms with Crippen molar-refractivity contribution in [3.63, 3.8) is 0 Å². The summed E-state index contributed by atoms with van der Waals surface area (Å²) in [7, 11) is 0. The van der Waals surface area contributed by atoms with Gasteiger partial charge in [0, 0.05) is 64.3 Å². The Bertz CT molecular complexity index is 4110. The van der Waals surface area contributed by atoms with Gasteiger partial charge in [0.25, 0.3) is 0 Å². The summed E-state index contributed by atoms with van der Waals surface area (Å²) in [6.45, 7) is 0. The Morgan fingerprint density at radius 3 is 0.431 bits per heavy atom. The zero-order chi connectivity index (χ0) is 73.5. The van der Waals surface area contributed by atoms with Crippen molar-refractivity contribution in [2.75, 3.05) is 31.9 Å². The molecule has 0 radical (unpaired) electrons. The van der Waals surface area contributed by atoms with Gasteiger partial charge >= 0.3 is 35.8 Å². The molecule has 0 atom stereocenters. The molecule has 0 heterocycles. The van der Waals surface area contributed by atoms with Crippen LogP contribution in [0.5, 0.6) is 0 Å². The highest BCUT2D eigenvalue weighted by atomic mass is 35.5. The fraction of sp³-hybridized carbons (Fsp3) is 0. The zero-order valence-electron chi connectivity index (χ0n) is 53.1. The molecule has 12 aromatic rings. The van der Waals surface area contributed by atoms with Gasteiger partial charge < -0.3 is 62.5 Å². The highest BCUT2D eigenvalue weighted by Gasteiger charge is 2.15. The third-order valence-corrected chi connectivity index (χ3v) is 15.0. The lowest BCUT2D eigenvalue weighted by Crippen LogP contribution is -2.02. The smallest absolute Gasteiger partial charge is 0.337 e. The van der Waals surface area contributed by atoms with Gasteiger partial charge in [0.15, 0.2) is 0 Å². The standard InChI is InChI=1S/6C13H10ClNO2/c6*14-9-4-3-5-10(8-9)15-12-7-2-1-6-11(12)13(16)17/h6*1-8,15H,(H,16,17). The Hall–Kier alpha value is -12.0. The summed E-state index contributed by atoms with van der Waals surface area (Å²) in [5, 5.41) is 76.0. The van der Waals surface area contributed by atoms with Gasteiger partial charge in [0.05, 0.1) is 67.5 Å². The molecule has 0 unspecified atom stereocenters. The topological polar surface area (TPSA) is 296 Å². The number of carboxylic acid groups (broad SMARTS) is 6. The molecule has 0 aliphatic rings. The molecule has 102 heavy (non-hydrogen) atoms. The van der Waals surface area contributed by atoms with Crippen LogP contribution in [0.1, 0.15) is 62.1 Å². The Morgan fingerprint density at radius 2 is 0.314 bits per heavy atom. The fourth-order valence-corrected chi connectivity index (χ4v) is 10.1. The normalized spacial score (nSPS) is 9.94. The van der Waals surface area contributed by atoms with Crippen LogP contribution in [0.3, 0.4) is 0 Å². The van der Waals surface area contributed by atoms with Crippen LogP contribution in [0.15, 0.2) is 291 Å². The van der Waals surface area contributed by atoms with Crippen molar-refractivity contribution in [3.05, 3.63) is 355 Å². The molecule has 0 bridgehead atoms. The van der Waals surface area contributed by atoms with Crippen molar-refractivity contribution in [2.24, 2.45) is 0 Å². The second-order valence-electron chi connectivity index (χ2n) is 20.9. The first-order chi connectivity index (χ1) is 49.0. The predicted molar refractivity (Wildman–Crippen MR) is 409 cm³/mol. The number of hydrogen-bond acceptors (Lipinski definition) is 12. The molecule has 12 N–H and O–H groups in total. The van der Waals surface area contributed by atoms with E-state index in [1.165, 1.54) is 0 Å². The maximum absolute atomic E-state index is 11.0. The predicted octanol–water partition coefficient (Wildman–Crippen LogP) is 22.7. The number of benzene rings is 12. The number of carboxylic acids is 6. The number of halogens is 6. The summed E-state index contributed by atoms with van der Waals surface area (Å²) >= 11 is 35.1. The number of anilines is 12. The summed E-state index contributed by atoms with van der Waals surface area (Å²) in [6, 6.07) is 83.1. The average Bonchev–Trinajstić information content (AvgIpc) is 0.890. The lowest BCUT2D eigenvalue weighted by Gasteiger charge is -2.09. The van der Waals surface area contributed by atoms with E-state index < -0.39 is 35.8 Å². The van der Waals surface area contributed by atoms with E-state index in [1.807, 2.05) is 36.4 Å². The van der Waals surface area contributed by atoms with Gasteiger partial charge in [0.1, 0.15) is 0 Å². The molecule has 0 fully saturated rings. The van der Waals surface area contributed by atoms with Crippen LogP contribution in [0.25, 0.3) is 0 Å². The van der Waals surface area contributed by atoms with Crippen molar-refractivity contribution in [1.82, 2.24) is 0 Å². The van der Waals surface area contributed by atoms with Crippen molar-refractivity contribution in [2.45, 2.75) is 0 Å². The van der Waals surface area contributed by atoms with Crippen LogP contribution in [0.2, 0.25) is 30.1 Å². The minimum absolute atomic E-state index is 0.229. The summed E-state index contributed by atoms with van der Waals surface area (Å²) in [6.07, 6.45) is 0. The van der Waals surface area contributed by atoms with E-state index in [-0.39, 0.29) is 33.4 Å². The molecule has 24 heteroatoms. The quantitative estimate of drug-likeness (QED) is 0.0380. The Labute approximate surface area is 615 Å². The van der Waals surface area contributed by atoms with Crippen molar-refractivity contribution in [1.29, 1.82) is 0 Å². The highest BCUT2D eigenvalue weighted by molar-refractivity contribution is 6.32. The van der Waals surface area contributed by atoms with Gasteiger partial charge in [-0.25, -0.2) is 28.8 Å². The molecule has 12 aromatic carbocycles. The first kappa shape index (κ1) is 77.4. The van der Waals surface area contributed by atoms with Crippen LogP contribution < -0.4 is 31.9 Å². The molecule has 516 valence electrons. The van der Waals surface area contributed by atoms with Crippen molar-refractivity contribution >= 4 is 174 Å². The number of aromatic carboxylic acids is 6. The lowest BCUT2D eigenvalue weighted by molar-refractivity contribution is 0.0687. The summed E-state index contributed by atoms with van der Waals surface area (Å²) < 4.78 is 0. The molecule has 0 aromatic heterocycles. The molecule has 18 nitrogen and oxygen atoms in total. The van der Waals surface area contributed by atoms with E-state index >= 15 is 0 Å². The number of para-hydroxylation sites is 6. The first-order valence-corrected chi connectivity index (χ1v) is 32.4. The van der Waals surface area contributed by atoms with E-state index in [9.17, 15) is 28.8 Å². The van der Waals surface area contributed by atoms with Crippen LogP contribution >= 0.6 is 69.6 Å². The Morgan fingerprint density at radius 1 is 0.186 bits per heavy atom. The molecule has 0 amide bonds. The van der Waals surface area contributed by atoms with Gasteiger partial charge in [-0.15, -0.1) is 0 Å². The minimum Gasteiger partial charge on any atom is -0.478 e. The van der Waals surface area contributed by atoms with E-state index in [4.69, 9.17) is 100 Å². The monoisotopic (exact) mass is 1480 g/mol. The summed E-state index contributed by atoms with van der Waals surface area (Å²) in [5.41, 5.74) is 9.17. The third-order valence-electron chi connectivity index (χ3n) is 13.6. The van der Waals surface area contributed by atoms with Crippen molar-refractivity contribution in [3.8, 4) is 0 Å². The maximum atomic E-state index is 11.0. The highest BCUT2D eigenvalue weighted by Crippen LogP contribution is 2.30. The van der Waals surface area contributed by atoms with Gasteiger partial charge in [0.2, 0.25) is 0 Å². The fourth-order valence-electron chi connectivity index (χ4n) is 9.00. The molecule has 0 aliphatic carbocycles. The zero-order valence-corrected chi connectivity index (χ0v) is 57.6. The number of nitrogens with one attached hydrogen (secondary N) is 6. The second kappa shape index (κ2) is 39.6. The largest absolute Gasteiger partial charge is 0.478 e. The third kappa shape index (κ3) is 25.4. The van der Waals surface area contributed by atoms with E-state index in [2.05, 4.69) is 31.9 Å². The Balaban J connectivity index is 0.000000172. The molecular formula is C78H60Cl6N6O12. The van der Waals surface area contributed by atoms with Crippen LogP contribution in [0, 0.1) is 0 Å². The number of hydrogen-bond donors (Lipinski definition) is 12. The summed E-state index contributed by atoms with van der Waals surface area (Å²) in [4.78, 5) is 66.1. The maximum Gasteiger partial charge on any atom is 0.337 e. The van der Waals surface area contributed by atoms with E-state index in [0.29, 0.717) is 64.3 Å². The van der Waals surface area contributed by atoms with E-state index in [0.717, 1.165) is 34.1 Å². The lowest BCUT2D eigenvalue weighted by atomic mass is 10.1. The van der Waals surface area contributed by atoms with Gasteiger partial charge in [-0.3, -0.25) is 0 Å². The van der Waals surface area contributed by atoms with Gasteiger partial charge in [-0.2, -0.15) is 0 Å². The van der Waals surface area contributed by atoms with Crippen LogP contribution in [0.4, 0.5) is 68.2 Å². The van der Waals surface area contributed by atoms with E-state index in [1.54, 1.807) is 255 Å². The number of carbonyl (C=O) groups is 6. The molecule has 0 saturated carbocycles. The molecular weight excluding hydrogens is 1430 g/mol. The molecule has 12 rings (SSSR count).